The van der Waals surface area contributed by atoms with Gasteiger partial charge >= 0.3 is 0 Å². The first-order chi connectivity index (χ1) is 16.2. The number of nitrogens with zero attached hydrogens (tertiary/aromatic N) is 3. The van der Waals surface area contributed by atoms with Gasteiger partial charge in [-0.05, 0) is 31.5 Å². The smallest absolute Gasteiger partial charge is 0.274 e. The Bertz CT molecular complexity index is 1400. The van der Waals surface area contributed by atoms with Gasteiger partial charge in [0.1, 0.15) is 23.0 Å². The lowest BCUT2D eigenvalue weighted by molar-refractivity contribution is 0.0651. The van der Waals surface area contributed by atoms with Crippen molar-refractivity contribution in [3.8, 4) is 5.75 Å². The van der Waals surface area contributed by atoms with E-state index in [0.29, 0.717) is 23.4 Å². The number of hydrogen-bond acceptors (Lipinski definition) is 6. The van der Waals surface area contributed by atoms with E-state index in [4.69, 9.17) is 4.52 Å². The second-order valence-corrected chi connectivity index (χ2v) is 8.58. The van der Waals surface area contributed by atoms with Crippen LogP contribution in [0.25, 0.3) is 0 Å². The lowest BCUT2D eigenvalue weighted by atomic mass is 10.1. The van der Waals surface area contributed by atoms with Gasteiger partial charge in [-0.3, -0.25) is 14.4 Å². The number of aromatic hydroxyl groups is 1. The summed E-state index contributed by atoms with van der Waals surface area (Å²) in [4.78, 5) is 40.1. The molecule has 0 radical (unpaired) electrons. The quantitative estimate of drug-likeness (QED) is 0.606. The Morgan fingerprint density at radius 1 is 1.26 bits per heavy atom. The summed E-state index contributed by atoms with van der Waals surface area (Å²) in [5.41, 5.74) is -0.270. The molecule has 11 heteroatoms. The molecule has 2 aliphatic heterocycles. The zero-order valence-corrected chi connectivity index (χ0v) is 18.3. The van der Waals surface area contributed by atoms with Crippen LogP contribution in [0.4, 0.5) is 8.78 Å². The summed E-state index contributed by atoms with van der Waals surface area (Å²) in [6, 6.07) is 1.84. The van der Waals surface area contributed by atoms with E-state index in [1.165, 1.54) is 22.6 Å². The molecule has 9 nitrogen and oxygen atoms in total. The largest absolute Gasteiger partial charge is 0.503 e. The van der Waals surface area contributed by atoms with Crippen LogP contribution in [0.5, 0.6) is 5.75 Å². The third-order valence-electron chi connectivity index (χ3n) is 6.32. The maximum atomic E-state index is 14.1. The summed E-state index contributed by atoms with van der Waals surface area (Å²) in [7, 11) is 0. The number of aromatic nitrogens is 2. The molecule has 176 valence electrons. The number of fused-ring (bicyclic) bond motifs is 5. The molecular weight excluding hydrogens is 450 g/mol. The minimum atomic E-state index is -1.05. The number of hydrogen-bond donors (Lipinski definition) is 2. The molecule has 2 aliphatic rings. The lowest BCUT2D eigenvalue weighted by Crippen LogP contribution is -2.44. The fourth-order valence-corrected chi connectivity index (χ4v) is 4.52. The highest BCUT2D eigenvalue weighted by Gasteiger charge is 2.39. The van der Waals surface area contributed by atoms with Crippen molar-refractivity contribution in [3.63, 3.8) is 0 Å². The second-order valence-electron chi connectivity index (χ2n) is 8.58. The Labute approximate surface area is 191 Å². The fraction of sp³-hybridized carbons (Fsp3) is 0.304. The van der Waals surface area contributed by atoms with Gasteiger partial charge in [-0.25, -0.2) is 8.78 Å². The van der Waals surface area contributed by atoms with Gasteiger partial charge in [0.2, 0.25) is 5.43 Å². The molecule has 5 rings (SSSR count). The Balaban J connectivity index is 1.50. The molecule has 0 saturated heterocycles. The van der Waals surface area contributed by atoms with E-state index in [2.05, 4.69) is 10.5 Å². The Morgan fingerprint density at radius 3 is 2.68 bits per heavy atom. The summed E-state index contributed by atoms with van der Waals surface area (Å²) in [5.74, 6) is -3.42. The van der Waals surface area contributed by atoms with Gasteiger partial charge in [0.15, 0.2) is 11.4 Å². The van der Waals surface area contributed by atoms with E-state index in [-0.39, 0.29) is 24.3 Å². The molecule has 2 N–H and O–H groups in total. The number of nitrogens with one attached hydrogen (secondary N) is 1. The van der Waals surface area contributed by atoms with Gasteiger partial charge in [0.05, 0.1) is 18.3 Å². The Hall–Kier alpha value is -4.02. The van der Waals surface area contributed by atoms with Crippen molar-refractivity contribution in [2.24, 2.45) is 0 Å². The van der Waals surface area contributed by atoms with Crippen LogP contribution >= 0.6 is 0 Å². The summed E-state index contributed by atoms with van der Waals surface area (Å²) >= 11 is 0. The van der Waals surface area contributed by atoms with Crippen LogP contribution in [0.2, 0.25) is 0 Å². The average molecular weight is 470 g/mol. The number of rotatable bonds is 3. The standard InChI is InChI=1S/C23H20F2N4O5/c1-10-3-16(24)13(17(25)4-10)6-26-22(32)15-9-29-12-5-18-14(11(2)27-34-18)8-28(7-12)23(33)19(29)21(31)20(15)30/h3-4,9,12,31H,5-8H2,1-2H3,(H,26,32)/t12-/m0/s1. The molecule has 0 aliphatic carbocycles. The second kappa shape index (κ2) is 7.79. The van der Waals surface area contributed by atoms with Gasteiger partial charge in [-0.2, -0.15) is 0 Å². The molecule has 1 aromatic carbocycles. The van der Waals surface area contributed by atoms with E-state index in [9.17, 15) is 28.3 Å². The van der Waals surface area contributed by atoms with Crippen molar-refractivity contribution in [2.75, 3.05) is 6.54 Å². The third kappa shape index (κ3) is 3.35. The first-order valence-corrected chi connectivity index (χ1v) is 10.6. The highest BCUT2D eigenvalue weighted by molar-refractivity contribution is 5.99. The van der Waals surface area contributed by atoms with E-state index in [1.807, 2.05) is 0 Å². The predicted molar refractivity (Wildman–Crippen MR) is 113 cm³/mol. The van der Waals surface area contributed by atoms with Gasteiger partial charge in [-0.15, -0.1) is 0 Å². The average Bonchev–Trinajstić information content (AvgIpc) is 3.01. The summed E-state index contributed by atoms with van der Waals surface area (Å²) in [5, 5.41) is 16.9. The number of benzene rings is 1. The van der Waals surface area contributed by atoms with Crippen molar-refractivity contribution < 1.29 is 28.0 Å². The highest BCUT2D eigenvalue weighted by Crippen LogP contribution is 2.34. The van der Waals surface area contributed by atoms with E-state index in [0.717, 1.165) is 17.7 Å². The zero-order valence-electron chi connectivity index (χ0n) is 18.3. The minimum Gasteiger partial charge on any atom is -0.503 e. The molecule has 1 atom stereocenters. The molecule has 2 amide bonds. The molecule has 0 saturated carbocycles. The molecule has 2 aromatic heterocycles. The number of pyridine rings is 1. The fourth-order valence-electron chi connectivity index (χ4n) is 4.52. The molecule has 3 aromatic rings. The maximum Gasteiger partial charge on any atom is 0.274 e. The van der Waals surface area contributed by atoms with Crippen molar-refractivity contribution >= 4 is 11.8 Å². The van der Waals surface area contributed by atoms with E-state index >= 15 is 0 Å². The lowest BCUT2D eigenvalue weighted by Gasteiger charge is -2.34. The molecule has 0 fully saturated rings. The monoisotopic (exact) mass is 470 g/mol. The Kier molecular flexibility index (Phi) is 4.99. The van der Waals surface area contributed by atoms with Crippen LogP contribution in [0.1, 0.15) is 55.0 Å². The van der Waals surface area contributed by atoms with Crippen LogP contribution < -0.4 is 10.7 Å². The van der Waals surface area contributed by atoms with Crippen molar-refractivity contribution in [1.82, 2.24) is 19.9 Å². The van der Waals surface area contributed by atoms with Crippen molar-refractivity contribution in [2.45, 2.75) is 39.4 Å². The number of carbonyl (C=O) groups is 2. The molecule has 4 heterocycles. The summed E-state index contributed by atoms with van der Waals surface area (Å²) in [6.07, 6.45) is 1.53. The third-order valence-corrected chi connectivity index (χ3v) is 6.32. The van der Waals surface area contributed by atoms with E-state index < -0.39 is 52.8 Å². The van der Waals surface area contributed by atoms with Crippen LogP contribution in [0.3, 0.4) is 0 Å². The number of amides is 2. The summed E-state index contributed by atoms with van der Waals surface area (Å²) < 4.78 is 35.0. The van der Waals surface area contributed by atoms with Crippen LogP contribution in [0, 0.1) is 25.5 Å². The zero-order chi connectivity index (χ0) is 24.3. The Morgan fingerprint density at radius 2 is 1.97 bits per heavy atom. The molecule has 0 unspecified atom stereocenters. The van der Waals surface area contributed by atoms with Gasteiger partial charge in [0.25, 0.3) is 11.8 Å². The van der Waals surface area contributed by atoms with Gasteiger partial charge in [0, 0.05) is 36.8 Å². The van der Waals surface area contributed by atoms with E-state index in [1.54, 1.807) is 6.92 Å². The number of halogens is 2. The minimum absolute atomic E-state index is 0.218. The highest BCUT2D eigenvalue weighted by atomic mass is 19.1. The van der Waals surface area contributed by atoms with Crippen LogP contribution in [-0.2, 0) is 19.5 Å². The predicted octanol–water partition coefficient (Wildman–Crippen LogP) is 2.12. The van der Waals surface area contributed by atoms with Crippen molar-refractivity contribution in [3.05, 3.63) is 79.6 Å². The normalized spacial score (nSPS) is 16.6. The topological polar surface area (TPSA) is 118 Å². The molecule has 34 heavy (non-hydrogen) atoms. The first-order valence-electron chi connectivity index (χ1n) is 10.6. The number of carbonyl (C=O) groups excluding carboxylic acids is 2. The SMILES string of the molecule is Cc1cc(F)c(CNC(=O)c2cn3c(c(O)c2=O)C(=O)N2Cc4c(C)noc4C[C@H]3C2)c(F)c1. The molecule has 0 spiro atoms. The number of aryl methyl sites for hydroxylation is 2. The maximum absolute atomic E-state index is 14.1. The van der Waals surface area contributed by atoms with Crippen LogP contribution in [0.15, 0.2) is 27.6 Å². The first kappa shape index (κ1) is 21.8. The van der Waals surface area contributed by atoms with Gasteiger partial charge in [-0.1, -0.05) is 5.16 Å². The molecular formula is C23H20F2N4O5. The summed E-state index contributed by atoms with van der Waals surface area (Å²) in [6.45, 7) is 3.29. The molecule has 2 bridgehead atoms. The van der Waals surface area contributed by atoms with Gasteiger partial charge < -0.3 is 24.4 Å². The van der Waals surface area contributed by atoms with Crippen LogP contribution in [-0.4, -0.2) is 38.1 Å². The van der Waals surface area contributed by atoms with Crippen molar-refractivity contribution in [1.29, 1.82) is 0 Å².